The molecule has 0 rings (SSSR count). The molecule has 2 nitrogen and oxygen atoms in total. The second kappa shape index (κ2) is 4.43. The Morgan fingerprint density at radius 2 is 1.62 bits per heavy atom. The van der Waals surface area contributed by atoms with Gasteiger partial charge in [-0.25, -0.2) is 0 Å². The monoisotopic (exact) mass is 188 g/mol. The first-order valence-electron chi connectivity index (χ1n) is 4.99. The van der Waals surface area contributed by atoms with Gasteiger partial charge in [-0.1, -0.05) is 13.8 Å². The summed E-state index contributed by atoms with van der Waals surface area (Å²) in [6, 6.07) is 0. The third-order valence-electron chi connectivity index (χ3n) is 1.66. The van der Waals surface area contributed by atoms with Gasteiger partial charge in [-0.05, 0) is 40.0 Å². The van der Waals surface area contributed by atoms with Gasteiger partial charge in [-0.3, -0.25) is 0 Å². The largest absolute Gasteiger partial charge is 0.388 e. The highest BCUT2D eigenvalue weighted by Crippen LogP contribution is 2.19. The van der Waals surface area contributed by atoms with Crippen LogP contribution in [-0.4, -0.2) is 22.9 Å². The lowest BCUT2D eigenvalue weighted by Crippen LogP contribution is -2.36. The van der Waals surface area contributed by atoms with Crippen LogP contribution in [0.3, 0.4) is 0 Å². The smallest absolute Gasteiger partial charge is 0.0854 e. The summed E-state index contributed by atoms with van der Waals surface area (Å²) in [4.78, 5) is 0. The van der Waals surface area contributed by atoms with Crippen LogP contribution in [0, 0.1) is 5.92 Å². The standard InChI is InChI=1S/C11H24O2/c1-9(2)7-11(6,12)8-13-10(3,4)5/h9,12H,7-8H2,1-6H3. The van der Waals surface area contributed by atoms with Crippen LogP contribution in [0.1, 0.15) is 48.0 Å². The minimum atomic E-state index is -0.693. The molecule has 0 saturated heterocycles. The third kappa shape index (κ3) is 8.26. The molecule has 0 fully saturated rings. The number of hydrogen-bond donors (Lipinski definition) is 1. The van der Waals surface area contributed by atoms with E-state index in [0.717, 1.165) is 6.42 Å². The molecular weight excluding hydrogens is 164 g/mol. The Morgan fingerprint density at radius 3 is 1.92 bits per heavy atom. The summed E-state index contributed by atoms with van der Waals surface area (Å²) in [7, 11) is 0. The Balaban J connectivity index is 3.89. The SMILES string of the molecule is CC(C)CC(C)(O)COC(C)(C)C. The molecule has 1 atom stereocenters. The van der Waals surface area contributed by atoms with Crippen molar-refractivity contribution in [3.05, 3.63) is 0 Å². The molecule has 0 spiro atoms. The molecule has 0 aliphatic rings. The first-order chi connectivity index (χ1) is 5.62. The minimum absolute atomic E-state index is 0.166. The topological polar surface area (TPSA) is 29.5 Å². The van der Waals surface area contributed by atoms with Crippen molar-refractivity contribution in [2.75, 3.05) is 6.61 Å². The molecule has 0 amide bonds. The Hall–Kier alpha value is -0.0800. The molecule has 2 heteroatoms. The van der Waals surface area contributed by atoms with Crippen LogP contribution in [0.4, 0.5) is 0 Å². The maximum absolute atomic E-state index is 9.92. The highest BCUT2D eigenvalue weighted by Gasteiger charge is 2.24. The van der Waals surface area contributed by atoms with Crippen molar-refractivity contribution in [2.45, 2.75) is 59.2 Å². The molecule has 1 N–H and O–H groups in total. The Morgan fingerprint density at radius 1 is 1.15 bits per heavy atom. The number of ether oxygens (including phenoxy) is 1. The first-order valence-corrected chi connectivity index (χ1v) is 4.99. The molecule has 80 valence electrons. The zero-order valence-electron chi connectivity index (χ0n) is 9.85. The zero-order chi connectivity index (χ0) is 10.7. The second-order valence-electron chi connectivity index (χ2n) is 5.50. The van der Waals surface area contributed by atoms with E-state index in [0.29, 0.717) is 12.5 Å². The van der Waals surface area contributed by atoms with Crippen LogP contribution in [0.15, 0.2) is 0 Å². The molecule has 0 aromatic rings. The molecule has 1 unspecified atom stereocenters. The Kier molecular flexibility index (Phi) is 4.40. The van der Waals surface area contributed by atoms with E-state index in [9.17, 15) is 5.11 Å². The molecule has 0 radical (unpaired) electrons. The number of aliphatic hydroxyl groups is 1. The van der Waals surface area contributed by atoms with E-state index in [2.05, 4.69) is 13.8 Å². The summed E-state index contributed by atoms with van der Waals surface area (Å²) in [6.07, 6.45) is 0.781. The van der Waals surface area contributed by atoms with Crippen LogP contribution >= 0.6 is 0 Å². The molecule has 0 saturated carbocycles. The average Bonchev–Trinajstić information content (AvgIpc) is 1.79. The maximum atomic E-state index is 9.92. The van der Waals surface area contributed by atoms with Crippen molar-refractivity contribution in [3.8, 4) is 0 Å². The molecule has 0 aromatic heterocycles. The fourth-order valence-corrected chi connectivity index (χ4v) is 1.31. The van der Waals surface area contributed by atoms with Crippen molar-refractivity contribution in [2.24, 2.45) is 5.92 Å². The van der Waals surface area contributed by atoms with E-state index < -0.39 is 5.60 Å². The Bertz CT molecular complexity index is 143. The molecule has 0 bridgehead atoms. The predicted octanol–water partition coefficient (Wildman–Crippen LogP) is 2.60. The quantitative estimate of drug-likeness (QED) is 0.735. The van der Waals surface area contributed by atoms with Crippen molar-refractivity contribution < 1.29 is 9.84 Å². The minimum Gasteiger partial charge on any atom is -0.388 e. The van der Waals surface area contributed by atoms with Gasteiger partial charge in [0.25, 0.3) is 0 Å². The summed E-state index contributed by atoms with van der Waals surface area (Å²) in [5.74, 6) is 0.499. The van der Waals surface area contributed by atoms with Crippen LogP contribution in [0.25, 0.3) is 0 Å². The van der Waals surface area contributed by atoms with Crippen molar-refractivity contribution in [3.63, 3.8) is 0 Å². The van der Waals surface area contributed by atoms with Crippen molar-refractivity contribution >= 4 is 0 Å². The second-order valence-corrected chi connectivity index (χ2v) is 5.50. The molecule has 0 aliphatic carbocycles. The summed E-state index contributed by atoms with van der Waals surface area (Å²) in [5.41, 5.74) is -0.859. The van der Waals surface area contributed by atoms with E-state index in [1.807, 2.05) is 27.7 Å². The lowest BCUT2D eigenvalue weighted by atomic mass is 9.95. The van der Waals surface area contributed by atoms with Gasteiger partial charge in [0.15, 0.2) is 0 Å². The normalized spacial score (nSPS) is 17.5. The molecule has 0 aromatic carbocycles. The molecular formula is C11H24O2. The van der Waals surface area contributed by atoms with Gasteiger partial charge in [-0.2, -0.15) is 0 Å². The highest BCUT2D eigenvalue weighted by molar-refractivity contribution is 4.75. The van der Waals surface area contributed by atoms with Gasteiger partial charge in [0.05, 0.1) is 17.8 Å². The summed E-state index contributed by atoms with van der Waals surface area (Å²) < 4.78 is 5.54. The van der Waals surface area contributed by atoms with Crippen LogP contribution in [0.2, 0.25) is 0 Å². The summed E-state index contributed by atoms with van der Waals surface area (Å²) in [6.45, 7) is 12.4. The summed E-state index contributed by atoms with van der Waals surface area (Å²) >= 11 is 0. The van der Waals surface area contributed by atoms with E-state index in [-0.39, 0.29) is 5.60 Å². The first kappa shape index (κ1) is 12.9. The van der Waals surface area contributed by atoms with Gasteiger partial charge in [0.2, 0.25) is 0 Å². The number of rotatable bonds is 4. The highest BCUT2D eigenvalue weighted by atomic mass is 16.5. The van der Waals surface area contributed by atoms with Crippen molar-refractivity contribution in [1.82, 2.24) is 0 Å². The van der Waals surface area contributed by atoms with Crippen molar-refractivity contribution in [1.29, 1.82) is 0 Å². The summed E-state index contributed by atoms with van der Waals surface area (Å²) in [5, 5.41) is 9.92. The number of hydrogen-bond acceptors (Lipinski definition) is 2. The van der Waals surface area contributed by atoms with Crippen LogP contribution in [0.5, 0.6) is 0 Å². The fraction of sp³-hybridized carbons (Fsp3) is 1.00. The van der Waals surface area contributed by atoms with Gasteiger partial charge < -0.3 is 9.84 Å². The lowest BCUT2D eigenvalue weighted by molar-refractivity contribution is -0.0979. The molecule has 0 heterocycles. The fourth-order valence-electron chi connectivity index (χ4n) is 1.31. The van der Waals surface area contributed by atoms with Gasteiger partial charge in [0, 0.05) is 0 Å². The van der Waals surface area contributed by atoms with Crippen LogP contribution in [-0.2, 0) is 4.74 Å². The van der Waals surface area contributed by atoms with E-state index in [4.69, 9.17) is 4.74 Å². The van der Waals surface area contributed by atoms with Gasteiger partial charge in [0.1, 0.15) is 0 Å². The van der Waals surface area contributed by atoms with E-state index in [1.54, 1.807) is 0 Å². The average molecular weight is 188 g/mol. The molecule has 0 aliphatic heterocycles. The van der Waals surface area contributed by atoms with Gasteiger partial charge >= 0.3 is 0 Å². The molecule has 13 heavy (non-hydrogen) atoms. The zero-order valence-corrected chi connectivity index (χ0v) is 9.85. The Labute approximate surface area is 82.3 Å². The maximum Gasteiger partial charge on any atom is 0.0854 e. The van der Waals surface area contributed by atoms with E-state index in [1.165, 1.54) is 0 Å². The lowest BCUT2D eigenvalue weighted by Gasteiger charge is -2.29. The van der Waals surface area contributed by atoms with Crippen LogP contribution < -0.4 is 0 Å². The predicted molar refractivity (Wildman–Crippen MR) is 55.8 cm³/mol. The van der Waals surface area contributed by atoms with Gasteiger partial charge in [-0.15, -0.1) is 0 Å². The van der Waals surface area contributed by atoms with E-state index >= 15 is 0 Å². The third-order valence-corrected chi connectivity index (χ3v) is 1.66.